The SMILES string of the molecule is CCCCOCCOc1nccc(C(=O)OC)c1N. The fourth-order valence-corrected chi connectivity index (χ4v) is 1.40. The number of carbonyl (C=O) groups is 1. The Kier molecular flexibility index (Phi) is 6.67. The zero-order valence-electron chi connectivity index (χ0n) is 11.3. The van der Waals surface area contributed by atoms with Crippen LogP contribution in [0, 0.1) is 0 Å². The van der Waals surface area contributed by atoms with Crippen LogP contribution in [0.5, 0.6) is 5.88 Å². The Labute approximate surface area is 112 Å². The lowest BCUT2D eigenvalue weighted by Gasteiger charge is -2.10. The van der Waals surface area contributed by atoms with Crippen LogP contribution in [0.1, 0.15) is 30.1 Å². The first-order valence-corrected chi connectivity index (χ1v) is 6.24. The van der Waals surface area contributed by atoms with E-state index in [-0.39, 0.29) is 17.1 Å². The minimum absolute atomic E-state index is 0.183. The number of ether oxygens (including phenoxy) is 3. The lowest BCUT2D eigenvalue weighted by molar-refractivity contribution is 0.0601. The number of unbranched alkanes of at least 4 members (excludes halogenated alkanes) is 1. The molecule has 19 heavy (non-hydrogen) atoms. The lowest BCUT2D eigenvalue weighted by Crippen LogP contribution is -2.12. The molecule has 0 atom stereocenters. The third-order valence-corrected chi connectivity index (χ3v) is 2.47. The van der Waals surface area contributed by atoms with Crippen molar-refractivity contribution >= 4 is 11.7 Å². The molecule has 0 aliphatic rings. The first-order valence-electron chi connectivity index (χ1n) is 6.24. The molecule has 2 N–H and O–H groups in total. The summed E-state index contributed by atoms with van der Waals surface area (Å²) in [5, 5.41) is 0. The van der Waals surface area contributed by atoms with E-state index in [1.807, 2.05) is 0 Å². The van der Waals surface area contributed by atoms with E-state index >= 15 is 0 Å². The van der Waals surface area contributed by atoms with E-state index in [4.69, 9.17) is 15.2 Å². The minimum Gasteiger partial charge on any atom is -0.474 e. The highest BCUT2D eigenvalue weighted by Gasteiger charge is 2.14. The number of hydrogen-bond acceptors (Lipinski definition) is 6. The van der Waals surface area contributed by atoms with Gasteiger partial charge >= 0.3 is 5.97 Å². The van der Waals surface area contributed by atoms with E-state index in [2.05, 4.69) is 16.6 Å². The van der Waals surface area contributed by atoms with Crippen molar-refractivity contribution in [1.29, 1.82) is 0 Å². The highest BCUT2D eigenvalue weighted by atomic mass is 16.5. The molecule has 1 rings (SSSR count). The van der Waals surface area contributed by atoms with E-state index in [9.17, 15) is 4.79 Å². The van der Waals surface area contributed by atoms with E-state index in [0.717, 1.165) is 12.8 Å². The third kappa shape index (κ3) is 4.75. The fourth-order valence-electron chi connectivity index (χ4n) is 1.40. The van der Waals surface area contributed by atoms with Gasteiger partial charge in [0.1, 0.15) is 12.3 Å². The van der Waals surface area contributed by atoms with Gasteiger partial charge in [-0.15, -0.1) is 0 Å². The number of aromatic nitrogens is 1. The molecular weight excluding hydrogens is 248 g/mol. The van der Waals surface area contributed by atoms with Crippen LogP contribution >= 0.6 is 0 Å². The molecular formula is C13H20N2O4. The Morgan fingerprint density at radius 2 is 2.16 bits per heavy atom. The van der Waals surface area contributed by atoms with Gasteiger partial charge in [-0.1, -0.05) is 13.3 Å². The zero-order chi connectivity index (χ0) is 14.1. The number of nitrogens with two attached hydrogens (primary N) is 1. The summed E-state index contributed by atoms with van der Waals surface area (Å²) in [5.41, 5.74) is 6.23. The Bertz CT molecular complexity index is 410. The summed E-state index contributed by atoms with van der Waals surface area (Å²) in [4.78, 5) is 15.4. The van der Waals surface area contributed by atoms with E-state index in [1.54, 1.807) is 0 Å². The van der Waals surface area contributed by atoms with Gasteiger partial charge in [0, 0.05) is 12.8 Å². The fraction of sp³-hybridized carbons (Fsp3) is 0.538. The number of nitrogens with zero attached hydrogens (tertiary/aromatic N) is 1. The van der Waals surface area contributed by atoms with Crippen molar-refractivity contribution in [3.63, 3.8) is 0 Å². The molecule has 1 heterocycles. The van der Waals surface area contributed by atoms with Gasteiger partial charge in [0.05, 0.1) is 19.3 Å². The van der Waals surface area contributed by atoms with Gasteiger partial charge in [0.2, 0.25) is 5.88 Å². The largest absolute Gasteiger partial charge is 0.474 e. The van der Waals surface area contributed by atoms with Gasteiger partial charge in [-0.2, -0.15) is 0 Å². The van der Waals surface area contributed by atoms with Crippen LogP contribution in [0.15, 0.2) is 12.3 Å². The molecule has 0 saturated heterocycles. The summed E-state index contributed by atoms with van der Waals surface area (Å²) in [7, 11) is 1.30. The second-order valence-corrected chi connectivity index (χ2v) is 3.88. The summed E-state index contributed by atoms with van der Waals surface area (Å²) >= 11 is 0. The van der Waals surface area contributed by atoms with Crippen molar-refractivity contribution in [3.05, 3.63) is 17.8 Å². The number of carbonyl (C=O) groups excluding carboxylic acids is 1. The molecule has 6 nitrogen and oxygen atoms in total. The zero-order valence-corrected chi connectivity index (χ0v) is 11.3. The van der Waals surface area contributed by atoms with Crippen molar-refractivity contribution in [2.24, 2.45) is 0 Å². The average Bonchev–Trinajstić information content (AvgIpc) is 2.43. The standard InChI is InChI=1S/C13H20N2O4/c1-3-4-7-18-8-9-19-12-11(14)10(5-6-15-12)13(16)17-2/h5-6H,3-4,7-9,14H2,1-2H3. The quantitative estimate of drug-likeness (QED) is 0.570. The van der Waals surface area contributed by atoms with E-state index in [1.165, 1.54) is 19.4 Å². The average molecular weight is 268 g/mol. The summed E-state index contributed by atoms with van der Waals surface area (Å²) in [6, 6.07) is 1.49. The normalized spacial score (nSPS) is 10.2. The predicted octanol–water partition coefficient (Wildman–Crippen LogP) is 1.65. The summed E-state index contributed by atoms with van der Waals surface area (Å²) in [6.45, 7) is 3.61. The van der Waals surface area contributed by atoms with Crippen LogP contribution in [0.2, 0.25) is 0 Å². The molecule has 6 heteroatoms. The Morgan fingerprint density at radius 1 is 1.37 bits per heavy atom. The number of hydrogen-bond donors (Lipinski definition) is 1. The summed E-state index contributed by atoms with van der Waals surface area (Å²) in [6.07, 6.45) is 3.57. The van der Waals surface area contributed by atoms with Crippen LogP contribution in [0.25, 0.3) is 0 Å². The van der Waals surface area contributed by atoms with Crippen molar-refractivity contribution < 1.29 is 19.0 Å². The smallest absolute Gasteiger partial charge is 0.340 e. The first-order chi connectivity index (χ1) is 9.20. The molecule has 0 bridgehead atoms. The topological polar surface area (TPSA) is 83.7 Å². The Balaban J connectivity index is 2.48. The van der Waals surface area contributed by atoms with Crippen LogP contribution in [-0.2, 0) is 9.47 Å². The third-order valence-electron chi connectivity index (χ3n) is 2.47. The van der Waals surface area contributed by atoms with Crippen LogP contribution in [0.3, 0.4) is 0 Å². The molecule has 1 aromatic heterocycles. The molecule has 0 aromatic carbocycles. The molecule has 0 unspecified atom stereocenters. The van der Waals surface area contributed by atoms with Crippen molar-refractivity contribution in [2.75, 3.05) is 32.7 Å². The number of nitrogen functional groups attached to an aromatic ring is 1. The molecule has 0 aliphatic heterocycles. The molecule has 0 aliphatic carbocycles. The second kappa shape index (κ2) is 8.31. The van der Waals surface area contributed by atoms with Gasteiger partial charge < -0.3 is 19.9 Å². The van der Waals surface area contributed by atoms with Crippen molar-refractivity contribution in [1.82, 2.24) is 4.98 Å². The van der Waals surface area contributed by atoms with Gasteiger partial charge in [-0.25, -0.2) is 9.78 Å². The van der Waals surface area contributed by atoms with Crippen molar-refractivity contribution in [3.8, 4) is 5.88 Å². The molecule has 1 aromatic rings. The maximum Gasteiger partial charge on any atom is 0.340 e. The predicted molar refractivity (Wildman–Crippen MR) is 71.2 cm³/mol. The van der Waals surface area contributed by atoms with Gasteiger partial charge in [0.25, 0.3) is 0 Å². The first kappa shape index (κ1) is 15.2. The molecule has 0 spiro atoms. The number of esters is 1. The van der Waals surface area contributed by atoms with E-state index in [0.29, 0.717) is 19.8 Å². The van der Waals surface area contributed by atoms with Crippen LogP contribution in [-0.4, -0.2) is 37.9 Å². The maximum absolute atomic E-state index is 11.4. The van der Waals surface area contributed by atoms with Crippen LogP contribution < -0.4 is 10.5 Å². The van der Waals surface area contributed by atoms with Gasteiger partial charge in [0.15, 0.2) is 0 Å². The molecule has 0 amide bonds. The monoisotopic (exact) mass is 268 g/mol. The number of rotatable bonds is 8. The summed E-state index contributed by atoms with van der Waals surface area (Å²) in [5.74, 6) is -0.286. The number of anilines is 1. The Morgan fingerprint density at radius 3 is 2.84 bits per heavy atom. The second-order valence-electron chi connectivity index (χ2n) is 3.88. The van der Waals surface area contributed by atoms with Gasteiger partial charge in [-0.05, 0) is 12.5 Å². The van der Waals surface area contributed by atoms with Crippen molar-refractivity contribution in [2.45, 2.75) is 19.8 Å². The highest BCUT2D eigenvalue weighted by molar-refractivity contribution is 5.95. The number of methoxy groups -OCH3 is 1. The number of pyridine rings is 1. The van der Waals surface area contributed by atoms with Gasteiger partial charge in [-0.3, -0.25) is 0 Å². The maximum atomic E-state index is 11.4. The summed E-state index contributed by atoms with van der Waals surface area (Å²) < 4.78 is 15.3. The molecule has 0 radical (unpaired) electrons. The lowest BCUT2D eigenvalue weighted by atomic mass is 10.2. The Hall–Kier alpha value is -1.82. The van der Waals surface area contributed by atoms with Crippen LogP contribution in [0.4, 0.5) is 5.69 Å². The molecule has 106 valence electrons. The molecule has 0 fully saturated rings. The molecule has 0 saturated carbocycles. The minimum atomic E-state index is -0.510. The highest BCUT2D eigenvalue weighted by Crippen LogP contribution is 2.22. The van der Waals surface area contributed by atoms with E-state index < -0.39 is 5.97 Å².